The van der Waals surface area contributed by atoms with E-state index in [0.29, 0.717) is 4.47 Å². The molecular weight excluding hydrogens is 290 g/mol. The third-order valence-electron chi connectivity index (χ3n) is 2.71. The normalized spacial score (nSPS) is 15.1. The number of halogens is 1. The van der Waals surface area contributed by atoms with Crippen LogP contribution in [0.5, 0.6) is 0 Å². The highest BCUT2D eigenvalue weighted by atomic mass is 79.9. The zero-order valence-electron chi connectivity index (χ0n) is 8.89. The van der Waals surface area contributed by atoms with Gasteiger partial charge in [0.05, 0.1) is 10.5 Å². The summed E-state index contributed by atoms with van der Waals surface area (Å²) >= 11 is 3.19. The van der Waals surface area contributed by atoms with Crippen molar-refractivity contribution in [3.63, 3.8) is 0 Å². The first-order valence-corrected chi connectivity index (χ1v) is 6.02. The van der Waals surface area contributed by atoms with Gasteiger partial charge in [0, 0.05) is 16.6 Å². The summed E-state index contributed by atoms with van der Waals surface area (Å²) in [5, 5.41) is 10.6. The van der Waals surface area contributed by atoms with Crippen molar-refractivity contribution in [2.45, 2.75) is 25.4 Å². The van der Waals surface area contributed by atoms with E-state index in [0.717, 1.165) is 19.3 Å². The Morgan fingerprint density at radius 1 is 1.47 bits per heavy atom. The molecule has 1 saturated carbocycles. The van der Waals surface area contributed by atoms with Gasteiger partial charge in [0.25, 0.3) is 5.69 Å². The maximum Gasteiger partial charge on any atom is 0.339 e. The number of benzene rings is 1. The molecule has 0 unspecified atom stereocenters. The largest absolute Gasteiger partial charge is 0.459 e. The van der Waals surface area contributed by atoms with Gasteiger partial charge >= 0.3 is 5.97 Å². The van der Waals surface area contributed by atoms with Crippen LogP contribution in [0.2, 0.25) is 0 Å². The van der Waals surface area contributed by atoms with Crippen molar-refractivity contribution in [3.8, 4) is 0 Å². The highest BCUT2D eigenvalue weighted by molar-refractivity contribution is 9.10. The molecule has 1 aliphatic rings. The third-order valence-corrected chi connectivity index (χ3v) is 3.40. The number of nitrogens with zero attached hydrogens (tertiary/aromatic N) is 1. The lowest BCUT2D eigenvalue weighted by Gasteiger charge is -2.25. The van der Waals surface area contributed by atoms with Gasteiger partial charge in [0.2, 0.25) is 0 Å². The zero-order chi connectivity index (χ0) is 12.4. The van der Waals surface area contributed by atoms with Gasteiger partial charge in [-0.25, -0.2) is 4.79 Å². The van der Waals surface area contributed by atoms with Crippen LogP contribution in [0, 0.1) is 10.1 Å². The fraction of sp³-hybridized carbons (Fsp3) is 0.364. The second-order valence-electron chi connectivity index (χ2n) is 3.88. The van der Waals surface area contributed by atoms with Gasteiger partial charge in [-0.3, -0.25) is 10.1 Å². The van der Waals surface area contributed by atoms with Crippen LogP contribution in [-0.2, 0) is 4.74 Å². The van der Waals surface area contributed by atoms with Crippen LogP contribution in [0.1, 0.15) is 29.6 Å². The minimum absolute atomic E-state index is 0.0336. The Balaban J connectivity index is 2.20. The van der Waals surface area contributed by atoms with Gasteiger partial charge in [0.15, 0.2) is 0 Å². The minimum Gasteiger partial charge on any atom is -0.459 e. The topological polar surface area (TPSA) is 69.4 Å². The number of nitro groups is 1. The van der Waals surface area contributed by atoms with Crippen molar-refractivity contribution < 1.29 is 14.5 Å². The van der Waals surface area contributed by atoms with E-state index >= 15 is 0 Å². The van der Waals surface area contributed by atoms with Gasteiger partial charge in [-0.2, -0.15) is 0 Å². The summed E-state index contributed by atoms with van der Waals surface area (Å²) in [6.07, 6.45) is 2.78. The van der Waals surface area contributed by atoms with E-state index < -0.39 is 10.9 Å². The molecule has 1 fully saturated rings. The Labute approximate surface area is 106 Å². The molecule has 0 saturated heterocycles. The molecule has 17 heavy (non-hydrogen) atoms. The highest BCUT2D eigenvalue weighted by Crippen LogP contribution is 2.27. The van der Waals surface area contributed by atoms with Crippen LogP contribution >= 0.6 is 15.9 Å². The molecule has 0 atom stereocenters. The molecule has 5 nitrogen and oxygen atoms in total. The van der Waals surface area contributed by atoms with Crippen LogP contribution in [0.15, 0.2) is 22.7 Å². The third kappa shape index (κ3) is 2.63. The van der Waals surface area contributed by atoms with E-state index in [1.807, 2.05) is 0 Å². The van der Waals surface area contributed by atoms with Crippen LogP contribution < -0.4 is 0 Å². The van der Waals surface area contributed by atoms with Gasteiger partial charge in [0.1, 0.15) is 6.10 Å². The summed E-state index contributed by atoms with van der Waals surface area (Å²) < 4.78 is 5.70. The van der Waals surface area contributed by atoms with Crippen molar-refractivity contribution >= 4 is 27.6 Å². The van der Waals surface area contributed by atoms with E-state index in [1.54, 1.807) is 0 Å². The monoisotopic (exact) mass is 299 g/mol. The predicted octanol–water partition coefficient (Wildman–Crippen LogP) is 3.07. The molecule has 0 heterocycles. The van der Waals surface area contributed by atoms with Gasteiger partial charge in [-0.15, -0.1) is 0 Å². The lowest BCUT2D eigenvalue weighted by molar-refractivity contribution is -0.384. The molecular formula is C11H10BrNO4. The number of nitro benzene ring substituents is 1. The van der Waals surface area contributed by atoms with Crippen molar-refractivity contribution in [3.05, 3.63) is 38.3 Å². The van der Waals surface area contributed by atoms with Crippen molar-refractivity contribution in [2.24, 2.45) is 0 Å². The summed E-state index contributed by atoms with van der Waals surface area (Å²) in [6.45, 7) is 0. The average Bonchev–Trinajstić information content (AvgIpc) is 2.23. The number of esters is 1. The summed E-state index contributed by atoms with van der Waals surface area (Å²) in [7, 11) is 0. The zero-order valence-corrected chi connectivity index (χ0v) is 10.5. The number of hydrogen-bond donors (Lipinski definition) is 0. The number of hydrogen-bond acceptors (Lipinski definition) is 4. The fourth-order valence-corrected chi connectivity index (χ4v) is 1.90. The summed E-state index contributed by atoms with van der Waals surface area (Å²) in [4.78, 5) is 21.8. The molecule has 90 valence electrons. The Bertz CT molecular complexity index is 471. The van der Waals surface area contributed by atoms with E-state index in [4.69, 9.17) is 4.74 Å². The van der Waals surface area contributed by atoms with Gasteiger partial charge in [-0.05, 0) is 41.3 Å². The quantitative estimate of drug-likeness (QED) is 0.488. The second-order valence-corrected chi connectivity index (χ2v) is 4.73. The lowest BCUT2D eigenvalue weighted by Crippen LogP contribution is -2.25. The summed E-state index contributed by atoms with van der Waals surface area (Å²) in [5.41, 5.74) is 0.0832. The molecule has 1 aromatic rings. The van der Waals surface area contributed by atoms with Crippen molar-refractivity contribution in [1.82, 2.24) is 0 Å². The maximum absolute atomic E-state index is 11.8. The Hall–Kier alpha value is -1.43. The molecule has 0 radical (unpaired) electrons. The average molecular weight is 300 g/mol. The second kappa shape index (κ2) is 4.83. The molecule has 1 aromatic carbocycles. The van der Waals surface area contributed by atoms with Crippen LogP contribution in [0.3, 0.4) is 0 Å². The smallest absolute Gasteiger partial charge is 0.339 e. The summed E-state index contributed by atoms with van der Waals surface area (Å²) in [5.74, 6) is -0.509. The number of carbonyl (C=O) groups is 1. The lowest BCUT2D eigenvalue weighted by atomic mass is 9.96. The van der Waals surface area contributed by atoms with Gasteiger partial charge in [-0.1, -0.05) is 0 Å². The predicted molar refractivity (Wildman–Crippen MR) is 63.9 cm³/mol. The number of rotatable bonds is 3. The van der Waals surface area contributed by atoms with E-state index in [-0.39, 0.29) is 17.4 Å². The Morgan fingerprint density at radius 2 is 2.18 bits per heavy atom. The Kier molecular flexibility index (Phi) is 3.42. The molecule has 0 aromatic heterocycles. The van der Waals surface area contributed by atoms with Crippen LogP contribution in [0.25, 0.3) is 0 Å². The first-order valence-electron chi connectivity index (χ1n) is 5.23. The van der Waals surface area contributed by atoms with E-state index in [9.17, 15) is 14.9 Å². The standard InChI is InChI=1S/C11H10BrNO4/c12-10-5-4-7(13(15)16)6-9(10)11(14)17-8-2-1-3-8/h4-6,8H,1-3H2. The number of ether oxygens (including phenoxy) is 1. The molecule has 0 aliphatic heterocycles. The van der Waals surface area contributed by atoms with E-state index in [1.165, 1.54) is 18.2 Å². The van der Waals surface area contributed by atoms with E-state index in [2.05, 4.69) is 15.9 Å². The molecule has 1 aliphatic carbocycles. The molecule has 0 N–H and O–H groups in total. The number of carbonyl (C=O) groups excluding carboxylic acids is 1. The van der Waals surface area contributed by atoms with Crippen molar-refractivity contribution in [2.75, 3.05) is 0 Å². The molecule has 0 spiro atoms. The highest BCUT2D eigenvalue weighted by Gasteiger charge is 2.24. The first kappa shape index (κ1) is 12.0. The van der Waals surface area contributed by atoms with Crippen LogP contribution in [-0.4, -0.2) is 17.0 Å². The molecule has 0 amide bonds. The molecule has 2 rings (SSSR count). The van der Waals surface area contributed by atoms with Crippen molar-refractivity contribution in [1.29, 1.82) is 0 Å². The minimum atomic E-state index is -0.535. The summed E-state index contributed by atoms with van der Waals surface area (Å²) in [6, 6.07) is 4.05. The first-order chi connectivity index (χ1) is 8.08. The molecule has 0 bridgehead atoms. The number of non-ortho nitro benzene ring substituents is 1. The SMILES string of the molecule is O=C(OC1CCC1)c1cc([N+](=O)[O-])ccc1Br. The Morgan fingerprint density at radius 3 is 2.71 bits per heavy atom. The maximum atomic E-state index is 11.8. The van der Waals surface area contributed by atoms with Gasteiger partial charge < -0.3 is 4.74 Å². The molecule has 6 heteroatoms. The van der Waals surface area contributed by atoms with Crippen LogP contribution in [0.4, 0.5) is 5.69 Å². The fourth-order valence-electron chi connectivity index (χ4n) is 1.49.